The zero-order valence-electron chi connectivity index (χ0n) is 12.7. The lowest BCUT2D eigenvalue weighted by molar-refractivity contribution is 0.0958. The third kappa shape index (κ3) is 2.77. The van der Waals surface area contributed by atoms with Crippen LogP contribution in [-0.2, 0) is 6.42 Å². The van der Waals surface area contributed by atoms with Gasteiger partial charge in [-0.3, -0.25) is 4.79 Å². The van der Waals surface area contributed by atoms with Gasteiger partial charge in [-0.1, -0.05) is 41.9 Å². The minimum absolute atomic E-state index is 0.141. The van der Waals surface area contributed by atoms with Crippen LogP contribution in [0.25, 0.3) is 21.1 Å². The summed E-state index contributed by atoms with van der Waals surface area (Å²) in [5, 5.41) is 4.37. The topological polar surface area (TPSA) is 57.8 Å². The monoisotopic (exact) mass is 355 g/mol. The number of hydrogen-bond donors (Lipinski definition) is 2. The molecule has 2 aromatic heterocycles. The summed E-state index contributed by atoms with van der Waals surface area (Å²) < 4.78 is 1.02. The van der Waals surface area contributed by atoms with Crippen molar-refractivity contribution in [3.63, 3.8) is 0 Å². The van der Waals surface area contributed by atoms with Crippen LogP contribution < -0.4 is 5.32 Å². The van der Waals surface area contributed by atoms with E-state index in [0.717, 1.165) is 26.9 Å². The van der Waals surface area contributed by atoms with Crippen molar-refractivity contribution in [1.29, 1.82) is 0 Å². The summed E-state index contributed by atoms with van der Waals surface area (Å²) in [6.07, 6.45) is 0.642. The molecule has 0 saturated carbocycles. The number of rotatable bonds is 4. The Balaban J connectivity index is 1.45. The molecule has 24 heavy (non-hydrogen) atoms. The van der Waals surface area contributed by atoms with Crippen LogP contribution in [0.3, 0.4) is 0 Å². The molecule has 4 aromatic rings. The predicted molar refractivity (Wildman–Crippen MR) is 99.0 cm³/mol. The number of imidazole rings is 1. The lowest BCUT2D eigenvalue weighted by atomic mass is 10.2. The van der Waals surface area contributed by atoms with Crippen LogP contribution >= 0.6 is 22.9 Å². The van der Waals surface area contributed by atoms with Gasteiger partial charge in [0.1, 0.15) is 10.7 Å². The average molecular weight is 356 g/mol. The molecule has 0 aliphatic carbocycles. The van der Waals surface area contributed by atoms with Crippen molar-refractivity contribution in [2.24, 2.45) is 0 Å². The van der Waals surface area contributed by atoms with Crippen molar-refractivity contribution >= 4 is 50.0 Å². The molecule has 6 heteroatoms. The van der Waals surface area contributed by atoms with Gasteiger partial charge >= 0.3 is 0 Å². The summed E-state index contributed by atoms with van der Waals surface area (Å²) >= 11 is 7.75. The molecule has 0 bridgehead atoms. The predicted octanol–water partition coefficient (Wildman–Crippen LogP) is 4.40. The molecule has 0 radical (unpaired) electrons. The second-order valence-corrected chi connectivity index (χ2v) is 6.88. The highest BCUT2D eigenvalue weighted by atomic mass is 35.5. The lowest BCUT2D eigenvalue weighted by Crippen LogP contribution is -2.25. The van der Waals surface area contributed by atoms with Crippen LogP contribution in [0, 0.1) is 0 Å². The van der Waals surface area contributed by atoms with Crippen LogP contribution in [0.4, 0.5) is 0 Å². The fourth-order valence-electron chi connectivity index (χ4n) is 2.66. The van der Waals surface area contributed by atoms with Gasteiger partial charge in [-0.25, -0.2) is 4.98 Å². The Labute approximate surface area is 147 Å². The molecule has 2 N–H and O–H groups in total. The van der Waals surface area contributed by atoms with Gasteiger partial charge < -0.3 is 10.3 Å². The number of para-hydroxylation sites is 2. The van der Waals surface area contributed by atoms with Gasteiger partial charge in [-0.05, 0) is 18.2 Å². The van der Waals surface area contributed by atoms with Crippen molar-refractivity contribution in [3.8, 4) is 0 Å². The molecular formula is C18H14ClN3OS. The molecule has 0 saturated heterocycles. The Bertz CT molecular complexity index is 1000. The van der Waals surface area contributed by atoms with E-state index >= 15 is 0 Å². The molecule has 2 aromatic carbocycles. The van der Waals surface area contributed by atoms with Crippen LogP contribution in [-0.4, -0.2) is 22.4 Å². The Kier molecular flexibility index (Phi) is 3.96. The number of nitrogens with zero attached hydrogens (tertiary/aromatic N) is 1. The number of fused-ring (bicyclic) bond motifs is 2. The molecule has 0 aliphatic heterocycles. The number of aromatic nitrogens is 2. The van der Waals surface area contributed by atoms with E-state index in [9.17, 15) is 4.79 Å². The quantitative estimate of drug-likeness (QED) is 0.570. The molecule has 4 rings (SSSR count). The number of hydrogen-bond acceptors (Lipinski definition) is 3. The number of aromatic amines is 1. The number of halogens is 1. The lowest BCUT2D eigenvalue weighted by Gasteiger charge is -2.02. The van der Waals surface area contributed by atoms with Gasteiger partial charge in [0.15, 0.2) is 0 Å². The Morgan fingerprint density at radius 2 is 1.96 bits per heavy atom. The van der Waals surface area contributed by atoms with Gasteiger partial charge in [0, 0.05) is 23.1 Å². The third-order valence-electron chi connectivity index (χ3n) is 3.83. The second-order valence-electron chi connectivity index (χ2n) is 5.45. The Hall–Kier alpha value is -2.37. The SMILES string of the molecule is O=C(NCCc1nc2ccccc2[nH]1)c1sc2ccccc2c1Cl. The Morgan fingerprint density at radius 1 is 1.17 bits per heavy atom. The van der Waals surface area contributed by atoms with E-state index in [4.69, 9.17) is 11.6 Å². The van der Waals surface area contributed by atoms with E-state index in [2.05, 4.69) is 15.3 Å². The van der Waals surface area contributed by atoms with E-state index in [1.54, 1.807) is 0 Å². The maximum absolute atomic E-state index is 12.4. The van der Waals surface area contributed by atoms with Crippen LogP contribution in [0.1, 0.15) is 15.5 Å². The standard InChI is InChI=1S/C18H14ClN3OS/c19-16-11-5-1-4-8-14(11)24-17(16)18(23)20-10-9-15-21-12-6-2-3-7-13(12)22-15/h1-8H,9-10H2,(H,20,23)(H,21,22). The zero-order valence-corrected chi connectivity index (χ0v) is 14.2. The first kappa shape index (κ1) is 15.2. The van der Waals surface area contributed by atoms with Gasteiger partial charge in [0.2, 0.25) is 0 Å². The van der Waals surface area contributed by atoms with E-state index in [1.807, 2.05) is 48.5 Å². The maximum Gasteiger partial charge on any atom is 0.262 e. The van der Waals surface area contributed by atoms with E-state index in [1.165, 1.54) is 11.3 Å². The highest BCUT2D eigenvalue weighted by Crippen LogP contribution is 2.34. The van der Waals surface area contributed by atoms with E-state index in [0.29, 0.717) is 22.9 Å². The average Bonchev–Trinajstić information content (AvgIpc) is 3.16. The minimum Gasteiger partial charge on any atom is -0.351 e. The number of carbonyl (C=O) groups excluding carboxylic acids is 1. The van der Waals surface area contributed by atoms with Gasteiger partial charge in [0.05, 0.1) is 16.1 Å². The number of thiophene rings is 1. The number of amides is 1. The van der Waals surface area contributed by atoms with E-state index in [-0.39, 0.29) is 5.91 Å². The van der Waals surface area contributed by atoms with E-state index < -0.39 is 0 Å². The van der Waals surface area contributed by atoms with Crippen molar-refractivity contribution in [2.75, 3.05) is 6.54 Å². The van der Waals surface area contributed by atoms with Crippen LogP contribution in [0.2, 0.25) is 5.02 Å². The molecule has 0 unspecified atom stereocenters. The summed E-state index contributed by atoms with van der Waals surface area (Å²) in [6.45, 7) is 0.503. The highest BCUT2D eigenvalue weighted by Gasteiger charge is 2.16. The molecule has 0 spiro atoms. The number of benzene rings is 2. The highest BCUT2D eigenvalue weighted by molar-refractivity contribution is 7.21. The minimum atomic E-state index is -0.141. The van der Waals surface area contributed by atoms with Crippen molar-refractivity contribution in [2.45, 2.75) is 6.42 Å². The molecule has 0 atom stereocenters. The summed E-state index contributed by atoms with van der Waals surface area (Å²) in [5.41, 5.74) is 1.94. The molecule has 1 amide bonds. The first-order chi connectivity index (χ1) is 11.7. The molecule has 2 heterocycles. The van der Waals surface area contributed by atoms with Crippen molar-refractivity contribution in [1.82, 2.24) is 15.3 Å². The molecule has 120 valence electrons. The first-order valence-corrected chi connectivity index (χ1v) is 8.80. The number of nitrogens with one attached hydrogen (secondary N) is 2. The van der Waals surface area contributed by atoms with Gasteiger partial charge in [0.25, 0.3) is 5.91 Å². The van der Waals surface area contributed by atoms with Crippen molar-refractivity contribution in [3.05, 3.63) is 64.3 Å². The molecule has 0 aliphatic rings. The zero-order chi connectivity index (χ0) is 16.5. The first-order valence-electron chi connectivity index (χ1n) is 7.61. The summed E-state index contributed by atoms with van der Waals surface area (Å²) in [4.78, 5) is 20.7. The van der Waals surface area contributed by atoms with Gasteiger partial charge in [-0.15, -0.1) is 11.3 Å². The normalized spacial score (nSPS) is 11.2. The van der Waals surface area contributed by atoms with Gasteiger partial charge in [-0.2, -0.15) is 0 Å². The van der Waals surface area contributed by atoms with Crippen molar-refractivity contribution < 1.29 is 4.79 Å². The second kappa shape index (κ2) is 6.26. The summed E-state index contributed by atoms with van der Waals surface area (Å²) in [6, 6.07) is 15.6. The fraction of sp³-hybridized carbons (Fsp3) is 0.111. The fourth-order valence-corrected chi connectivity index (χ4v) is 4.09. The van der Waals surface area contributed by atoms with Crippen LogP contribution in [0.5, 0.6) is 0 Å². The smallest absolute Gasteiger partial charge is 0.262 e. The maximum atomic E-state index is 12.4. The molecular weight excluding hydrogens is 342 g/mol. The Morgan fingerprint density at radius 3 is 2.79 bits per heavy atom. The third-order valence-corrected chi connectivity index (χ3v) is 5.50. The molecule has 0 fully saturated rings. The van der Waals surface area contributed by atoms with Crippen LogP contribution in [0.15, 0.2) is 48.5 Å². The summed E-state index contributed by atoms with van der Waals surface area (Å²) in [5.74, 6) is 0.719. The number of carbonyl (C=O) groups is 1. The summed E-state index contributed by atoms with van der Waals surface area (Å²) in [7, 11) is 0. The number of H-pyrrole nitrogens is 1. The molecule has 4 nitrogen and oxygen atoms in total. The largest absolute Gasteiger partial charge is 0.351 e.